The molecule has 1 aromatic carbocycles. The number of rotatable bonds is 6. The smallest absolute Gasteiger partial charge is 0.313 e. The molecule has 0 aliphatic carbocycles. The molecule has 2 rings (SSSR count). The van der Waals surface area contributed by atoms with Crippen LogP contribution in [0.3, 0.4) is 0 Å². The van der Waals surface area contributed by atoms with E-state index in [-0.39, 0.29) is 11.6 Å². The van der Waals surface area contributed by atoms with E-state index in [2.05, 4.69) is 26.1 Å². The van der Waals surface area contributed by atoms with Gasteiger partial charge in [-0.05, 0) is 40.5 Å². The molecule has 0 aliphatic heterocycles. The normalized spacial score (nSPS) is 10.8. The van der Waals surface area contributed by atoms with Gasteiger partial charge in [-0.15, -0.1) is 10.2 Å². The van der Waals surface area contributed by atoms with Crippen LogP contribution in [0.2, 0.25) is 0 Å². The molecule has 5 nitrogen and oxygen atoms in total. The first kappa shape index (κ1) is 16.0. The molecule has 8 heteroatoms. The number of thioether (sulfide) groups is 1. The van der Waals surface area contributed by atoms with Crippen LogP contribution in [0.25, 0.3) is 11.4 Å². The van der Waals surface area contributed by atoms with Crippen molar-refractivity contribution in [3.63, 3.8) is 0 Å². The van der Waals surface area contributed by atoms with Crippen LogP contribution in [0.5, 0.6) is 0 Å². The minimum atomic E-state index is -0.907. The molecule has 1 aromatic heterocycles. The summed E-state index contributed by atoms with van der Waals surface area (Å²) in [7, 11) is 0. The zero-order chi connectivity index (χ0) is 15.4. The average Bonchev–Trinajstić information content (AvgIpc) is 2.80. The van der Waals surface area contributed by atoms with Crippen molar-refractivity contribution in [2.75, 3.05) is 5.75 Å². The molecule has 0 spiro atoms. The number of aliphatic carboxylic acids is 1. The third-order valence-corrected chi connectivity index (χ3v) is 4.27. The molecule has 0 fully saturated rings. The highest BCUT2D eigenvalue weighted by atomic mass is 79.9. The van der Waals surface area contributed by atoms with Crippen molar-refractivity contribution in [2.45, 2.75) is 25.0 Å². The zero-order valence-corrected chi connectivity index (χ0v) is 13.6. The van der Waals surface area contributed by atoms with E-state index in [0.29, 0.717) is 22.0 Å². The Kier molecular flexibility index (Phi) is 5.35. The van der Waals surface area contributed by atoms with E-state index in [1.165, 1.54) is 12.1 Å². The molecular weight excluding hydrogens is 361 g/mol. The van der Waals surface area contributed by atoms with E-state index in [1.54, 1.807) is 6.07 Å². The Labute approximate surface area is 133 Å². The molecule has 1 heterocycles. The monoisotopic (exact) mass is 373 g/mol. The SMILES string of the molecule is CCCn1c(SCC(=O)O)nnc1-c1ccc(F)cc1Br. The standard InChI is InChI=1S/C13H13BrFN3O2S/c1-2-5-18-12(9-4-3-8(15)6-10(9)14)16-17-13(18)21-7-11(19)20/h3-4,6H,2,5,7H2,1H3,(H,19,20). The molecule has 2 aromatic rings. The van der Waals surface area contributed by atoms with Gasteiger partial charge < -0.3 is 9.67 Å². The molecule has 0 saturated carbocycles. The second kappa shape index (κ2) is 7.04. The highest BCUT2D eigenvalue weighted by Crippen LogP contribution is 2.30. The molecule has 0 amide bonds. The molecule has 0 radical (unpaired) electrons. The van der Waals surface area contributed by atoms with Gasteiger partial charge in [-0.2, -0.15) is 0 Å². The largest absolute Gasteiger partial charge is 0.481 e. The maximum atomic E-state index is 13.2. The third-order valence-electron chi connectivity index (χ3n) is 2.66. The summed E-state index contributed by atoms with van der Waals surface area (Å²) in [6.45, 7) is 2.67. The maximum Gasteiger partial charge on any atom is 0.313 e. The minimum Gasteiger partial charge on any atom is -0.481 e. The lowest BCUT2D eigenvalue weighted by atomic mass is 10.2. The summed E-state index contributed by atoms with van der Waals surface area (Å²) in [6, 6.07) is 4.35. The Morgan fingerprint density at radius 1 is 1.48 bits per heavy atom. The predicted octanol–water partition coefficient (Wildman–Crippen LogP) is 3.43. The molecule has 0 atom stereocenters. The van der Waals surface area contributed by atoms with Crippen LogP contribution < -0.4 is 0 Å². The fourth-order valence-corrected chi connectivity index (χ4v) is 3.03. The molecule has 0 saturated heterocycles. The zero-order valence-electron chi connectivity index (χ0n) is 11.2. The second-order valence-electron chi connectivity index (χ2n) is 4.26. The van der Waals surface area contributed by atoms with Gasteiger partial charge in [-0.3, -0.25) is 4.79 Å². The van der Waals surface area contributed by atoms with Gasteiger partial charge in [0.2, 0.25) is 0 Å². The van der Waals surface area contributed by atoms with Crippen LogP contribution in [-0.2, 0) is 11.3 Å². The molecule has 0 bridgehead atoms. The van der Waals surface area contributed by atoms with Crippen molar-refractivity contribution >= 4 is 33.7 Å². The van der Waals surface area contributed by atoms with Crippen LogP contribution in [0.4, 0.5) is 4.39 Å². The summed E-state index contributed by atoms with van der Waals surface area (Å²) in [5.41, 5.74) is 0.722. The van der Waals surface area contributed by atoms with E-state index < -0.39 is 5.97 Å². The van der Waals surface area contributed by atoms with E-state index >= 15 is 0 Å². The van der Waals surface area contributed by atoms with E-state index in [1.807, 2.05) is 11.5 Å². The van der Waals surface area contributed by atoms with Crippen molar-refractivity contribution in [2.24, 2.45) is 0 Å². The summed E-state index contributed by atoms with van der Waals surface area (Å²) in [6.07, 6.45) is 0.852. The van der Waals surface area contributed by atoms with Crippen molar-refractivity contribution in [3.8, 4) is 11.4 Å². The topological polar surface area (TPSA) is 68.0 Å². The number of carboxylic acid groups (broad SMARTS) is 1. The summed E-state index contributed by atoms with van der Waals surface area (Å²) in [4.78, 5) is 10.7. The number of benzene rings is 1. The minimum absolute atomic E-state index is 0.0769. The average molecular weight is 374 g/mol. The Hall–Kier alpha value is -1.41. The summed E-state index contributed by atoms with van der Waals surface area (Å²) >= 11 is 4.44. The van der Waals surface area contributed by atoms with Crippen LogP contribution in [0.1, 0.15) is 13.3 Å². The van der Waals surface area contributed by atoms with Crippen LogP contribution in [0.15, 0.2) is 27.8 Å². The van der Waals surface area contributed by atoms with Crippen LogP contribution >= 0.6 is 27.7 Å². The summed E-state index contributed by atoms with van der Waals surface area (Å²) in [5.74, 6) is -0.730. The van der Waals surface area contributed by atoms with Gasteiger partial charge in [-0.1, -0.05) is 18.7 Å². The van der Waals surface area contributed by atoms with Crippen molar-refractivity contribution < 1.29 is 14.3 Å². The van der Waals surface area contributed by atoms with Gasteiger partial charge in [-0.25, -0.2) is 4.39 Å². The first-order chi connectivity index (χ1) is 10.0. The molecule has 0 unspecified atom stereocenters. The number of carbonyl (C=O) groups is 1. The molecule has 0 aliphatic rings. The number of aromatic nitrogens is 3. The first-order valence-corrected chi connectivity index (χ1v) is 8.04. The lowest BCUT2D eigenvalue weighted by molar-refractivity contribution is -0.133. The van der Waals surface area contributed by atoms with Gasteiger partial charge in [0.1, 0.15) is 5.82 Å². The number of nitrogens with zero attached hydrogens (tertiary/aromatic N) is 3. The van der Waals surface area contributed by atoms with Gasteiger partial charge in [0.05, 0.1) is 5.75 Å². The molecule has 1 N–H and O–H groups in total. The number of hydrogen-bond acceptors (Lipinski definition) is 4. The predicted molar refractivity (Wildman–Crippen MR) is 81.8 cm³/mol. The van der Waals surface area contributed by atoms with Crippen molar-refractivity contribution in [3.05, 3.63) is 28.5 Å². The number of carboxylic acids is 1. The van der Waals surface area contributed by atoms with Gasteiger partial charge >= 0.3 is 5.97 Å². The van der Waals surface area contributed by atoms with Crippen LogP contribution in [-0.4, -0.2) is 31.6 Å². The Morgan fingerprint density at radius 2 is 2.24 bits per heavy atom. The molecular formula is C13H13BrFN3O2S. The lowest BCUT2D eigenvalue weighted by Crippen LogP contribution is -2.04. The fourth-order valence-electron chi connectivity index (χ4n) is 1.82. The summed E-state index contributed by atoms with van der Waals surface area (Å²) < 4.78 is 15.6. The number of hydrogen-bond donors (Lipinski definition) is 1. The molecule has 21 heavy (non-hydrogen) atoms. The maximum absolute atomic E-state index is 13.2. The lowest BCUT2D eigenvalue weighted by Gasteiger charge is -2.09. The van der Waals surface area contributed by atoms with Crippen LogP contribution in [0, 0.1) is 5.82 Å². The van der Waals surface area contributed by atoms with Gasteiger partial charge in [0, 0.05) is 16.6 Å². The number of halogens is 2. The Balaban J connectivity index is 2.41. The Morgan fingerprint density at radius 3 is 2.86 bits per heavy atom. The van der Waals surface area contributed by atoms with E-state index in [9.17, 15) is 9.18 Å². The third kappa shape index (κ3) is 3.82. The van der Waals surface area contributed by atoms with Crippen molar-refractivity contribution in [1.29, 1.82) is 0 Å². The van der Waals surface area contributed by atoms with Crippen molar-refractivity contribution in [1.82, 2.24) is 14.8 Å². The highest BCUT2D eigenvalue weighted by Gasteiger charge is 2.17. The van der Waals surface area contributed by atoms with Gasteiger partial charge in [0.15, 0.2) is 11.0 Å². The quantitative estimate of drug-likeness (QED) is 0.785. The van der Waals surface area contributed by atoms with E-state index in [4.69, 9.17) is 5.11 Å². The second-order valence-corrected chi connectivity index (χ2v) is 6.06. The first-order valence-electron chi connectivity index (χ1n) is 6.26. The Bertz CT molecular complexity index is 663. The van der Waals surface area contributed by atoms with E-state index in [0.717, 1.165) is 23.7 Å². The highest BCUT2D eigenvalue weighted by molar-refractivity contribution is 9.10. The fraction of sp³-hybridized carbons (Fsp3) is 0.308. The summed E-state index contributed by atoms with van der Waals surface area (Å²) in [5, 5.41) is 17.5. The molecule has 112 valence electrons. The van der Waals surface area contributed by atoms with Gasteiger partial charge in [0.25, 0.3) is 0 Å².